The molecule has 0 spiro atoms. The molecule has 0 saturated heterocycles. The van der Waals surface area contributed by atoms with Gasteiger partial charge in [-0.1, -0.05) is 0 Å². The van der Waals surface area contributed by atoms with E-state index in [2.05, 4.69) is 19.9 Å². The van der Waals surface area contributed by atoms with Gasteiger partial charge in [0.1, 0.15) is 0 Å². The zero-order valence-corrected chi connectivity index (χ0v) is 10.9. The van der Waals surface area contributed by atoms with Crippen LogP contribution in [0.3, 0.4) is 0 Å². The molecule has 0 radical (unpaired) electrons. The minimum atomic E-state index is -5.54. The lowest BCUT2D eigenvalue weighted by atomic mass is 10.1. The third kappa shape index (κ3) is 4.66. The van der Waals surface area contributed by atoms with Gasteiger partial charge in [-0.05, 0) is 20.8 Å². The number of alkyl halides is 6. The van der Waals surface area contributed by atoms with E-state index in [1.54, 1.807) is 20.8 Å². The highest BCUT2D eigenvalue weighted by Crippen LogP contribution is 2.45. The van der Waals surface area contributed by atoms with Crippen LogP contribution in [0.5, 0.6) is 0 Å². The summed E-state index contributed by atoms with van der Waals surface area (Å²) in [5.41, 5.74) is -0.401. The van der Waals surface area contributed by atoms with Crippen LogP contribution >= 0.6 is 0 Å². The van der Waals surface area contributed by atoms with Gasteiger partial charge >= 0.3 is 12.4 Å². The Morgan fingerprint density at radius 1 is 1.00 bits per heavy atom. The van der Waals surface area contributed by atoms with E-state index in [0.717, 1.165) is 0 Å². The predicted octanol–water partition coefficient (Wildman–Crippen LogP) is 3.17. The Kier molecular flexibility index (Phi) is 4.37. The van der Waals surface area contributed by atoms with Gasteiger partial charge in [0, 0.05) is 5.54 Å². The third-order valence-corrected chi connectivity index (χ3v) is 2.15. The van der Waals surface area contributed by atoms with Gasteiger partial charge in [0.25, 0.3) is 0 Å². The second-order valence-electron chi connectivity index (χ2n) is 5.15. The van der Waals surface area contributed by atoms with Crippen LogP contribution in [0.4, 0.5) is 26.3 Å². The van der Waals surface area contributed by atoms with Crippen LogP contribution in [-0.2, 0) is 6.54 Å². The number of halogens is 6. The standard InChI is InChI=1S/C10H13F6N3O/c1-8(2,3)17-4-5-18-19-7(20-5)6(9(11,12)13)10(14,15)16/h6,17H,4H2,1-3H3. The quantitative estimate of drug-likeness (QED) is 0.872. The lowest BCUT2D eigenvalue weighted by molar-refractivity contribution is -0.258. The molecule has 0 aliphatic heterocycles. The molecule has 0 fully saturated rings. The summed E-state index contributed by atoms with van der Waals surface area (Å²) in [7, 11) is 0. The molecule has 20 heavy (non-hydrogen) atoms. The molecule has 0 unspecified atom stereocenters. The zero-order chi connectivity index (χ0) is 15.8. The molecule has 1 rings (SSSR count). The van der Waals surface area contributed by atoms with Gasteiger partial charge in [-0.15, -0.1) is 10.2 Å². The van der Waals surface area contributed by atoms with E-state index in [4.69, 9.17) is 0 Å². The average Bonchev–Trinajstić information content (AvgIpc) is 2.57. The van der Waals surface area contributed by atoms with Gasteiger partial charge < -0.3 is 9.73 Å². The Labute approximate surface area is 110 Å². The third-order valence-electron chi connectivity index (χ3n) is 2.15. The van der Waals surface area contributed by atoms with Crippen LogP contribution in [0.25, 0.3) is 0 Å². The van der Waals surface area contributed by atoms with Crippen molar-refractivity contribution in [3.05, 3.63) is 11.8 Å². The maximum atomic E-state index is 12.4. The molecule has 116 valence electrons. The van der Waals surface area contributed by atoms with E-state index in [9.17, 15) is 26.3 Å². The average molecular weight is 305 g/mol. The summed E-state index contributed by atoms with van der Waals surface area (Å²) >= 11 is 0. The van der Waals surface area contributed by atoms with Crippen molar-refractivity contribution in [2.45, 2.75) is 51.1 Å². The number of nitrogens with one attached hydrogen (secondary N) is 1. The van der Waals surface area contributed by atoms with Gasteiger partial charge in [-0.3, -0.25) is 0 Å². The van der Waals surface area contributed by atoms with Crippen molar-refractivity contribution < 1.29 is 30.8 Å². The second-order valence-corrected chi connectivity index (χ2v) is 5.15. The van der Waals surface area contributed by atoms with E-state index < -0.39 is 29.7 Å². The van der Waals surface area contributed by atoms with Crippen molar-refractivity contribution in [1.82, 2.24) is 15.5 Å². The van der Waals surface area contributed by atoms with Crippen molar-refractivity contribution in [3.8, 4) is 0 Å². The van der Waals surface area contributed by atoms with Crippen LogP contribution in [0, 0.1) is 0 Å². The molecule has 0 aromatic carbocycles. The van der Waals surface area contributed by atoms with Crippen molar-refractivity contribution >= 4 is 0 Å². The zero-order valence-electron chi connectivity index (χ0n) is 10.9. The van der Waals surface area contributed by atoms with E-state index >= 15 is 0 Å². The molecule has 0 aliphatic carbocycles. The number of hydrogen-bond acceptors (Lipinski definition) is 4. The van der Waals surface area contributed by atoms with Crippen molar-refractivity contribution in [2.24, 2.45) is 0 Å². The molecule has 1 aromatic heterocycles. The first kappa shape index (κ1) is 16.7. The smallest absolute Gasteiger partial charge is 0.409 e. The summed E-state index contributed by atoms with van der Waals surface area (Å²) in [5.74, 6) is -5.62. The van der Waals surface area contributed by atoms with Gasteiger partial charge in [-0.25, -0.2) is 0 Å². The van der Waals surface area contributed by atoms with E-state index in [1.165, 1.54) is 0 Å². The Bertz CT molecular complexity index is 431. The van der Waals surface area contributed by atoms with E-state index in [-0.39, 0.29) is 12.4 Å². The molecule has 0 saturated carbocycles. The normalized spacial score (nSPS) is 14.1. The Morgan fingerprint density at radius 2 is 1.50 bits per heavy atom. The van der Waals surface area contributed by atoms with Crippen molar-refractivity contribution in [1.29, 1.82) is 0 Å². The highest BCUT2D eigenvalue weighted by atomic mass is 19.4. The molecular formula is C10H13F6N3O. The van der Waals surface area contributed by atoms with E-state index in [1.807, 2.05) is 0 Å². The fourth-order valence-electron chi connectivity index (χ4n) is 1.26. The van der Waals surface area contributed by atoms with Crippen LogP contribution in [0.15, 0.2) is 4.42 Å². The summed E-state index contributed by atoms with van der Waals surface area (Å²) in [6, 6.07) is 0. The molecular weight excluding hydrogens is 292 g/mol. The largest absolute Gasteiger partial charge is 0.423 e. The monoisotopic (exact) mass is 305 g/mol. The molecule has 1 heterocycles. The Balaban J connectivity index is 2.93. The maximum absolute atomic E-state index is 12.4. The van der Waals surface area contributed by atoms with Crippen LogP contribution in [0.1, 0.15) is 38.5 Å². The van der Waals surface area contributed by atoms with Gasteiger partial charge in [0.05, 0.1) is 6.54 Å². The Hall–Kier alpha value is -1.32. The number of nitrogens with zero attached hydrogens (tertiary/aromatic N) is 2. The molecule has 4 nitrogen and oxygen atoms in total. The first-order valence-electron chi connectivity index (χ1n) is 5.51. The first-order chi connectivity index (χ1) is 8.81. The molecule has 0 bridgehead atoms. The summed E-state index contributed by atoms with van der Waals surface area (Å²) in [5, 5.41) is 8.85. The van der Waals surface area contributed by atoms with Gasteiger partial charge in [0.2, 0.25) is 17.7 Å². The van der Waals surface area contributed by atoms with Gasteiger partial charge in [0.15, 0.2) is 0 Å². The Morgan fingerprint density at radius 3 is 1.90 bits per heavy atom. The molecule has 1 N–H and O–H groups in total. The maximum Gasteiger partial charge on any atom is 0.409 e. The number of aromatic nitrogens is 2. The number of hydrogen-bond donors (Lipinski definition) is 1. The van der Waals surface area contributed by atoms with Crippen LogP contribution in [-0.4, -0.2) is 28.1 Å². The lowest BCUT2D eigenvalue weighted by Crippen LogP contribution is -2.35. The minimum absolute atomic E-state index is 0.126. The molecule has 0 amide bonds. The van der Waals surface area contributed by atoms with Crippen LogP contribution < -0.4 is 5.32 Å². The highest BCUT2D eigenvalue weighted by molar-refractivity contribution is 5.00. The SMILES string of the molecule is CC(C)(C)NCc1nnc(C(C(F)(F)F)C(F)(F)F)o1. The topological polar surface area (TPSA) is 51.0 Å². The fourth-order valence-corrected chi connectivity index (χ4v) is 1.26. The summed E-state index contributed by atoms with van der Waals surface area (Å²) in [4.78, 5) is 0. The summed E-state index contributed by atoms with van der Waals surface area (Å²) in [6.45, 7) is 5.16. The summed E-state index contributed by atoms with van der Waals surface area (Å²) < 4.78 is 79.0. The molecule has 0 atom stereocenters. The van der Waals surface area contributed by atoms with E-state index in [0.29, 0.717) is 0 Å². The fraction of sp³-hybridized carbons (Fsp3) is 0.800. The molecule has 0 aliphatic rings. The molecule has 10 heteroatoms. The van der Waals surface area contributed by atoms with Gasteiger partial charge in [-0.2, -0.15) is 26.3 Å². The second kappa shape index (κ2) is 5.23. The first-order valence-corrected chi connectivity index (χ1v) is 5.51. The van der Waals surface area contributed by atoms with Crippen molar-refractivity contribution in [3.63, 3.8) is 0 Å². The van der Waals surface area contributed by atoms with Crippen LogP contribution in [0.2, 0.25) is 0 Å². The number of rotatable bonds is 3. The lowest BCUT2D eigenvalue weighted by Gasteiger charge is -2.20. The summed E-state index contributed by atoms with van der Waals surface area (Å²) in [6.07, 6.45) is -11.1. The van der Waals surface area contributed by atoms with Crippen molar-refractivity contribution in [2.75, 3.05) is 0 Å². The highest BCUT2D eigenvalue weighted by Gasteiger charge is 2.60. The predicted molar refractivity (Wildman–Crippen MR) is 55.7 cm³/mol. The molecule has 1 aromatic rings. The minimum Gasteiger partial charge on any atom is -0.423 e.